The molecule has 0 aromatic heterocycles. The number of para-hydroxylation sites is 2. The van der Waals surface area contributed by atoms with Crippen LogP contribution in [0.2, 0.25) is 0 Å². The number of carbonyl (C=O) groups excluding carboxylic acids is 1. The summed E-state index contributed by atoms with van der Waals surface area (Å²) in [5, 5.41) is 12.9. The molecule has 2 saturated carbocycles. The first-order chi connectivity index (χ1) is 15.6. The van der Waals surface area contributed by atoms with Crippen molar-refractivity contribution < 1.29 is 33.6 Å². The van der Waals surface area contributed by atoms with Gasteiger partial charge in [-0.25, -0.2) is 0 Å². The molecule has 5 atom stereocenters. The van der Waals surface area contributed by atoms with Crippen molar-refractivity contribution in [3.05, 3.63) is 24.3 Å². The monoisotopic (exact) mass is 445 g/mol. The Labute approximate surface area is 187 Å². The minimum atomic E-state index is -0.926. The second kappa shape index (κ2) is 7.95. The molecule has 0 radical (unpaired) electrons. The molecule has 8 nitrogen and oxygen atoms in total. The summed E-state index contributed by atoms with van der Waals surface area (Å²) in [5.41, 5.74) is 0.332. The number of nitrogens with one attached hydrogen (secondary N) is 1. The SMILES string of the molecule is O=C(Nc1ccccc1O)C1OC2OC3(CCCCC3)OC2C2OC3(CCCCC3)OC12. The quantitative estimate of drug-likeness (QED) is 0.672. The smallest absolute Gasteiger partial charge is 0.256 e. The topological polar surface area (TPSA) is 95.5 Å². The highest BCUT2D eigenvalue weighted by Gasteiger charge is 2.65. The predicted octanol–water partition coefficient (Wildman–Crippen LogP) is 3.58. The van der Waals surface area contributed by atoms with Gasteiger partial charge in [0.15, 0.2) is 24.0 Å². The summed E-state index contributed by atoms with van der Waals surface area (Å²) in [4.78, 5) is 13.3. The van der Waals surface area contributed by atoms with E-state index in [4.69, 9.17) is 23.7 Å². The molecule has 174 valence electrons. The molecular formula is C24H31NO7. The summed E-state index contributed by atoms with van der Waals surface area (Å²) in [5.74, 6) is -1.73. The Morgan fingerprint density at radius 1 is 0.812 bits per heavy atom. The van der Waals surface area contributed by atoms with E-state index in [1.807, 2.05) is 0 Å². The number of fused-ring (bicyclic) bond motifs is 3. The van der Waals surface area contributed by atoms with E-state index in [-0.39, 0.29) is 11.7 Å². The van der Waals surface area contributed by atoms with Crippen molar-refractivity contribution in [1.82, 2.24) is 0 Å². The number of carbonyl (C=O) groups is 1. The number of hydrogen-bond acceptors (Lipinski definition) is 7. The van der Waals surface area contributed by atoms with E-state index >= 15 is 0 Å². The molecule has 5 unspecified atom stereocenters. The molecule has 3 heterocycles. The zero-order valence-electron chi connectivity index (χ0n) is 18.2. The van der Waals surface area contributed by atoms with Crippen LogP contribution in [0.5, 0.6) is 5.75 Å². The molecule has 1 aromatic rings. The maximum Gasteiger partial charge on any atom is 0.256 e. The van der Waals surface area contributed by atoms with Gasteiger partial charge < -0.3 is 34.1 Å². The molecule has 5 aliphatic rings. The fourth-order valence-electron chi connectivity index (χ4n) is 5.95. The highest BCUT2D eigenvalue weighted by Crippen LogP contribution is 2.51. The van der Waals surface area contributed by atoms with E-state index in [9.17, 15) is 9.90 Å². The maximum atomic E-state index is 13.3. The molecule has 2 spiro atoms. The Hall–Kier alpha value is -1.71. The van der Waals surface area contributed by atoms with Crippen LogP contribution in [-0.4, -0.2) is 53.3 Å². The number of benzene rings is 1. The predicted molar refractivity (Wildman–Crippen MR) is 113 cm³/mol. The molecule has 2 N–H and O–H groups in total. The number of phenolic OH excluding ortho intramolecular Hbond substituents is 1. The number of phenols is 1. The molecule has 5 fully saturated rings. The number of rotatable bonds is 2. The van der Waals surface area contributed by atoms with E-state index in [2.05, 4.69) is 5.32 Å². The van der Waals surface area contributed by atoms with Crippen molar-refractivity contribution in [2.24, 2.45) is 0 Å². The Morgan fingerprint density at radius 2 is 1.41 bits per heavy atom. The van der Waals surface area contributed by atoms with Gasteiger partial charge >= 0.3 is 0 Å². The standard InChI is InChI=1S/C24H31NO7/c26-16-10-4-3-9-15(16)25-21(27)19-17-18(30-23(29-17)11-5-1-6-12-23)20-22(28-19)32-24(31-20)13-7-2-8-14-24/h3-4,9-10,17-20,22,26H,1-2,5-8,11-14H2,(H,25,27). The average Bonchev–Trinajstić information content (AvgIpc) is 3.33. The normalized spacial score (nSPS) is 37.2. The Kier molecular flexibility index (Phi) is 5.19. The molecular weight excluding hydrogens is 414 g/mol. The van der Waals surface area contributed by atoms with Crippen LogP contribution in [0.3, 0.4) is 0 Å². The number of hydrogen-bond donors (Lipinski definition) is 2. The van der Waals surface area contributed by atoms with Gasteiger partial charge in [-0.15, -0.1) is 0 Å². The van der Waals surface area contributed by atoms with E-state index in [1.165, 1.54) is 12.5 Å². The third kappa shape index (κ3) is 3.53. The van der Waals surface area contributed by atoms with Crippen LogP contribution >= 0.6 is 0 Å². The first-order valence-corrected chi connectivity index (χ1v) is 12.0. The van der Waals surface area contributed by atoms with Gasteiger partial charge in [0.1, 0.15) is 24.1 Å². The van der Waals surface area contributed by atoms with E-state index in [0.717, 1.165) is 57.8 Å². The average molecular weight is 446 g/mol. The maximum absolute atomic E-state index is 13.3. The number of anilines is 1. The highest BCUT2D eigenvalue weighted by molar-refractivity contribution is 5.96. The summed E-state index contributed by atoms with van der Waals surface area (Å²) < 4.78 is 32.1. The van der Waals surface area contributed by atoms with Crippen LogP contribution in [0.1, 0.15) is 64.2 Å². The zero-order valence-corrected chi connectivity index (χ0v) is 18.2. The molecule has 3 aliphatic heterocycles. The largest absolute Gasteiger partial charge is 0.506 e. The Bertz CT molecular complexity index is 864. The van der Waals surface area contributed by atoms with E-state index < -0.39 is 42.3 Å². The molecule has 1 aromatic carbocycles. The van der Waals surface area contributed by atoms with E-state index in [1.54, 1.807) is 18.2 Å². The summed E-state index contributed by atoms with van der Waals surface area (Å²) in [7, 11) is 0. The Balaban J connectivity index is 1.28. The molecule has 1 amide bonds. The Morgan fingerprint density at radius 3 is 2.09 bits per heavy atom. The van der Waals surface area contributed by atoms with Crippen molar-refractivity contribution >= 4 is 11.6 Å². The van der Waals surface area contributed by atoms with Crippen molar-refractivity contribution in [1.29, 1.82) is 0 Å². The molecule has 3 saturated heterocycles. The van der Waals surface area contributed by atoms with Gasteiger partial charge in [0, 0.05) is 25.7 Å². The molecule has 2 aliphatic carbocycles. The third-order valence-corrected chi connectivity index (χ3v) is 7.53. The van der Waals surface area contributed by atoms with Crippen molar-refractivity contribution in [2.75, 3.05) is 5.32 Å². The van der Waals surface area contributed by atoms with Crippen molar-refractivity contribution in [2.45, 2.75) is 106 Å². The van der Waals surface area contributed by atoms with Crippen LogP contribution in [0.25, 0.3) is 0 Å². The fraction of sp³-hybridized carbons (Fsp3) is 0.708. The zero-order chi connectivity index (χ0) is 21.8. The first kappa shape index (κ1) is 20.9. The van der Waals surface area contributed by atoms with Gasteiger partial charge in [-0.05, 0) is 37.8 Å². The van der Waals surface area contributed by atoms with Crippen LogP contribution in [-0.2, 0) is 28.5 Å². The van der Waals surface area contributed by atoms with Crippen molar-refractivity contribution in [3.8, 4) is 5.75 Å². The summed E-state index contributed by atoms with van der Waals surface area (Å²) in [6, 6.07) is 6.64. The van der Waals surface area contributed by atoms with Crippen LogP contribution in [0, 0.1) is 0 Å². The van der Waals surface area contributed by atoms with Crippen LogP contribution in [0.4, 0.5) is 5.69 Å². The molecule has 0 bridgehead atoms. The first-order valence-electron chi connectivity index (χ1n) is 12.0. The van der Waals surface area contributed by atoms with E-state index in [0.29, 0.717) is 5.69 Å². The van der Waals surface area contributed by atoms with Crippen LogP contribution in [0.15, 0.2) is 24.3 Å². The lowest BCUT2D eigenvalue weighted by Gasteiger charge is -2.36. The molecule has 8 heteroatoms. The molecule has 6 rings (SSSR count). The summed E-state index contributed by atoms with van der Waals surface area (Å²) >= 11 is 0. The summed E-state index contributed by atoms with van der Waals surface area (Å²) in [6.07, 6.45) is 6.67. The van der Waals surface area contributed by atoms with Gasteiger partial charge in [-0.1, -0.05) is 25.0 Å². The second-order valence-corrected chi connectivity index (χ2v) is 9.74. The third-order valence-electron chi connectivity index (χ3n) is 7.53. The summed E-state index contributed by atoms with van der Waals surface area (Å²) in [6.45, 7) is 0. The van der Waals surface area contributed by atoms with Crippen molar-refractivity contribution in [3.63, 3.8) is 0 Å². The fourth-order valence-corrected chi connectivity index (χ4v) is 5.95. The number of amides is 1. The minimum Gasteiger partial charge on any atom is -0.506 e. The van der Waals surface area contributed by atoms with Gasteiger partial charge in [0.25, 0.3) is 5.91 Å². The van der Waals surface area contributed by atoms with Crippen LogP contribution < -0.4 is 5.32 Å². The lowest BCUT2D eigenvalue weighted by Crippen LogP contribution is -2.58. The second-order valence-electron chi connectivity index (χ2n) is 9.74. The van der Waals surface area contributed by atoms with Gasteiger partial charge in [-0.3, -0.25) is 4.79 Å². The van der Waals surface area contributed by atoms with Gasteiger partial charge in [-0.2, -0.15) is 0 Å². The van der Waals surface area contributed by atoms with Gasteiger partial charge in [0.2, 0.25) is 0 Å². The lowest BCUT2D eigenvalue weighted by molar-refractivity contribution is -0.246. The number of ether oxygens (including phenoxy) is 5. The highest BCUT2D eigenvalue weighted by atomic mass is 16.9. The molecule has 32 heavy (non-hydrogen) atoms. The minimum absolute atomic E-state index is 0.0000327. The van der Waals surface area contributed by atoms with Gasteiger partial charge in [0.05, 0.1) is 5.69 Å². The lowest BCUT2D eigenvalue weighted by atomic mass is 9.94. The number of aromatic hydroxyl groups is 1.